The van der Waals surface area contributed by atoms with Gasteiger partial charge in [0.1, 0.15) is 11.6 Å². The van der Waals surface area contributed by atoms with Gasteiger partial charge >= 0.3 is 0 Å². The summed E-state index contributed by atoms with van der Waals surface area (Å²) in [5, 5.41) is 19.9. The summed E-state index contributed by atoms with van der Waals surface area (Å²) in [5.74, 6) is -2.24. The average Bonchev–Trinajstić information content (AvgIpc) is 2.91. The van der Waals surface area contributed by atoms with Crippen molar-refractivity contribution >= 4 is 17.4 Å². The first-order valence-corrected chi connectivity index (χ1v) is 8.66. The van der Waals surface area contributed by atoms with Crippen LogP contribution in [0, 0.1) is 12.7 Å². The standard InChI is InChI=1S/C21H20FNO4/c1-13-3-5-15(6-4-13)19(25)17-18(14-7-9-16(22)10-8-14)23(11-2-12-24)21(27)20(17)26/h3-10,18,24-25H,2,11-12H2,1H3/b19-17+. The molecule has 1 unspecified atom stereocenters. The van der Waals surface area contributed by atoms with Crippen LogP contribution in [0.1, 0.15) is 29.2 Å². The molecule has 2 aromatic rings. The lowest BCUT2D eigenvalue weighted by Gasteiger charge is -2.25. The number of carbonyl (C=O) groups is 2. The number of likely N-dealkylation sites (tertiary alicyclic amines) is 1. The molecule has 6 heteroatoms. The van der Waals surface area contributed by atoms with Gasteiger partial charge in [0.25, 0.3) is 11.7 Å². The van der Waals surface area contributed by atoms with Gasteiger partial charge in [0.2, 0.25) is 0 Å². The number of ketones is 1. The van der Waals surface area contributed by atoms with Gasteiger partial charge < -0.3 is 15.1 Å². The molecule has 1 aliphatic rings. The molecule has 0 saturated carbocycles. The zero-order valence-corrected chi connectivity index (χ0v) is 14.9. The first-order valence-electron chi connectivity index (χ1n) is 8.66. The van der Waals surface area contributed by atoms with Crippen LogP contribution in [0.15, 0.2) is 54.1 Å². The maximum absolute atomic E-state index is 13.3. The zero-order chi connectivity index (χ0) is 19.6. The largest absolute Gasteiger partial charge is 0.507 e. The number of aliphatic hydroxyl groups is 2. The second-order valence-corrected chi connectivity index (χ2v) is 6.49. The van der Waals surface area contributed by atoms with E-state index in [9.17, 15) is 19.1 Å². The molecule has 5 nitrogen and oxygen atoms in total. The van der Waals surface area contributed by atoms with E-state index < -0.39 is 23.5 Å². The molecule has 1 fully saturated rings. The van der Waals surface area contributed by atoms with Crippen LogP contribution in [0.3, 0.4) is 0 Å². The Morgan fingerprint density at radius 3 is 2.30 bits per heavy atom. The highest BCUT2D eigenvalue weighted by Crippen LogP contribution is 2.39. The Morgan fingerprint density at radius 1 is 1.07 bits per heavy atom. The molecule has 1 atom stereocenters. The van der Waals surface area contributed by atoms with E-state index in [1.165, 1.54) is 29.2 Å². The van der Waals surface area contributed by atoms with E-state index in [1.807, 2.05) is 6.92 Å². The smallest absolute Gasteiger partial charge is 0.295 e. The Bertz CT molecular complexity index is 887. The quantitative estimate of drug-likeness (QED) is 0.483. The zero-order valence-electron chi connectivity index (χ0n) is 14.9. The van der Waals surface area contributed by atoms with Gasteiger partial charge in [-0.25, -0.2) is 4.39 Å². The lowest BCUT2D eigenvalue weighted by Crippen LogP contribution is -2.31. The SMILES string of the molecule is Cc1ccc(/C(O)=C2\C(=O)C(=O)N(CCCO)C2c2ccc(F)cc2)cc1. The van der Waals surface area contributed by atoms with Gasteiger partial charge in [0.15, 0.2) is 0 Å². The van der Waals surface area contributed by atoms with Crippen molar-refractivity contribution < 1.29 is 24.2 Å². The fraction of sp³-hybridized carbons (Fsp3) is 0.238. The van der Waals surface area contributed by atoms with Crippen molar-refractivity contribution in [2.24, 2.45) is 0 Å². The third-order valence-electron chi connectivity index (χ3n) is 4.61. The number of aliphatic hydroxyl groups excluding tert-OH is 2. The van der Waals surface area contributed by atoms with Crippen molar-refractivity contribution in [3.63, 3.8) is 0 Å². The molecule has 1 aliphatic heterocycles. The van der Waals surface area contributed by atoms with Crippen LogP contribution in [-0.4, -0.2) is 40.0 Å². The van der Waals surface area contributed by atoms with E-state index in [1.54, 1.807) is 24.3 Å². The number of Topliss-reactive ketones (excluding diaryl/α,β-unsaturated/α-hetero) is 1. The number of amides is 1. The van der Waals surface area contributed by atoms with Crippen molar-refractivity contribution in [2.75, 3.05) is 13.2 Å². The monoisotopic (exact) mass is 369 g/mol. The summed E-state index contributed by atoms with van der Waals surface area (Å²) in [7, 11) is 0. The normalized spacial score (nSPS) is 18.9. The van der Waals surface area contributed by atoms with Crippen LogP contribution in [0.25, 0.3) is 5.76 Å². The summed E-state index contributed by atoms with van der Waals surface area (Å²) in [4.78, 5) is 26.5. The highest BCUT2D eigenvalue weighted by Gasteiger charge is 2.45. The first kappa shape index (κ1) is 18.8. The van der Waals surface area contributed by atoms with E-state index >= 15 is 0 Å². The average molecular weight is 369 g/mol. The van der Waals surface area contributed by atoms with Crippen molar-refractivity contribution in [1.82, 2.24) is 4.90 Å². The summed E-state index contributed by atoms with van der Waals surface area (Å²) in [5.41, 5.74) is 1.90. The van der Waals surface area contributed by atoms with E-state index in [2.05, 4.69) is 0 Å². The minimum Gasteiger partial charge on any atom is -0.507 e. The number of hydrogen-bond acceptors (Lipinski definition) is 4. The number of halogens is 1. The number of aryl methyl sites for hydroxylation is 1. The molecular weight excluding hydrogens is 349 g/mol. The molecule has 0 bridgehead atoms. The molecule has 27 heavy (non-hydrogen) atoms. The predicted octanol–water partition coefficient (Wildman–Crippen LogP) is 2.94. The van der Waals surface area contributed by atoms with Gasteiger partial charge in [-0.05, 0) is 31.0 Å². The van der Waals surface area contributed by atoms with Gasteiger partial charge in [-0.1, -0.05) is 42.0 Å². The molecule has 1 heterocycles. The molecule has 0 aromatic heterocycles. The molecule has 1 saturated heterocycles. The Balaban J connectivity index is 2.14. The highest BCUT2D eigenvalue weighted by molar-refractivity contribution is 6.46. The summed E-state index contributed by atoms with van der Waals surface area (Å²) >= 11 is 0. The van der Waals surface area contributed by atoms with E-state index in [4.69, 9.17) is 5.11 Å². The third kappa shape index (κ3) is 3.61. The van der Waals surface area contributed by atoms with Crippen molar-refractivity contribution in [3.05, 3.63) is 76.6 Å². The number of carbonyl (C=O) groups excluding carboxylic acids is 2. The molecule has 0 radical (unpaired) electrons. The van der Waals surface area contributed by atoms with Gasteiger partial charge in [-0.3, -0.25) is 9.59 Å². The Kier molecular flexibility index (Phi) is 5.37. The van der Waals surface area contributed by atoms with Crippen LogP contribution in [0.4, 0.5) is 4.39 Å². The minimum atomic E-state index is -0.835. The maximum Gasteiger partial charge on any atom is 0.295 e. The molecule has 0 aliphatic carbocycles. The fourth-order valence-corrected chi connectivity index (χ4v) is 3.21. The number of rotatable bonds is 5. The van der Waals surface area contributed by atoms with Crippen LogP contribution >= 0.6 is 0 Å². The van der Waals surface area contributed by atoms with Crippen molar-refractivity contribution in [1.29, 1.82) is 0 Å². The molecule has 3 rings (SSSR count). The van der Waals surface area contributed by atoms with E-state index in [-0.39, 0.29) is 30.9 Å². The predicted molar refractivity (Wildman–Crippen MR) is 98.3 cm³/mol. The Hall–Kier alpha value is -2.99. The molecule has 2 aromatic carbocycles. The second kappa shape index (κ2) is 7.72. The van der Waals surface area contributed by atoms with Crippen molar-refractivity contribution in [2.45, 2.75) is 19.4 Å². The molecule has 0 spiro atoms. The van der Waals surface area contributed by atoms with E-state index in [0.717, 1.165) is 5.56 Å². The van der Waals surface area contributed by atoms with Gasteiger partial charge in [-0.2, -0.15) is 0 Å². The number of nitrogens with zero attached hydrogens (tertiary/aromatic N) is 1. The Labute approximate surface area is 156 Å². The fourth-order valence-electron chi connectivity index (χ4n) is 3.21. The molecular formula is C21H20FNO4. The van der Waals surface area contributed by atoms with E-state index in [0.29, 0.717) is 11.1 Å². The topological polar surface area (TPSA) is 77.8 Å². The lowest BCUT2D eigenvalue weighted by molar-refractivity contribution is -0.140. The molecule has 2 N–H and O–H groups in total. The summed E-state index contributed by atoms with van der Waals surface area (Å²) < 4.78 is 13.3. The Morgan fingerprint density at radius 2 is 1.70 bits per heavy atom. The maximum atomic E-state index is 13.3. The summed E-state index contributed by atoms with van der Waals surface area (Å²) in [6, 6.07) is 11.6. The van der Waals surface area contributed by atoms with Crippen LogP contribution in [-0.2, 0) is 9.59 Å². The van der Waals surface area contributed by atoms with Crippen LogP contribution in [0.5, 0.6) is 0 Å². The van der Waals surface area contributed by atoms with Crippen molar-refractivity contribution in [3.8, 4) is 0 Å². The first-order chi connectivity index (χ1) is 12.9. The lowest BCUT2D eigenvalue weighted by atomic mass is 9.95. The van der Waals surface area contributed by atoms with Crippen LogP contribution < -0.4 is 0 Å². The molecule has 1 amide bonds. The number of hydrogen-bond donors (Lipinski definition) is 2. The second-order valence-electron chi connectivity index (χ2n) is 6.49. The van der Waals surface area contributed by atoms with Gasteiger partial charge in [0, 0.05) is 18.7 Å². The summed E-state index contributed by atoms with van der Waals surface area (Å²) in [6.07, 6.45) is 0.287. The third-order valence-corrected chi connectivity index (χ3v) is 4.61. The highest BCUT2D eigenvalue weighted by atomic mass is 19.1. The van der Waals surface area contributed by atoms with Gasteiger partial charge in [0.05, 0.1) is 11.6 Å². The summed E-state index contributed by atoms with van der Waals surface area (Å²) in [6.45, 7) is 1.90. The number of benzene rings is 2. The minimum absolute atomic E-state index is 0.0339. The molecule has 140 valence electrons. The van der Waals surface area contributed by atoms with Gasteiger partial charge in [-0.15, -0.1) is 0 Å². The van der Waals surface area contributed by atoms with Crippen LogP contribution in [0.2, 0.25) is 0 Å².